The molecule has 0 atom stereocenters. The minimum absolute atomic E-state index is 0.0627. The van der Waals surface area contributed by atoms with Crippen LogP contribution in [0, 0.1) is 0 Å². The van der Waals surface area contributed by atoms with Gasteiger partial charge in [0.2, 0.25) is 5.91 Å². The molecular formula is C13H23N5O. The van der Waals surface area contributed by atoms with Gasteiger partial charge in [0.15, 0.2) is 0 Å². The Balaban J connectivity index is 2.30. The molecule has 0 saturated heterocycles. The zero-order valence-electron chi connectivity index (χ0n) is 11.7. The predicted molar refractivity (Wildman–Crippen MR) is 77.2 cm³/mol. The number of nitrogens with one attached hydrogen (secondary N) is 3. The van der Waals surface area contributed by atoms with Crippen molar-refractivity contribution in [1.29, 1.82) is 0 Å². The molecule has 0 unspecified atom stereocenters. The van der Waals surface area contributed by atoms with Crippen molar-refractivity contribution in [1.82, 2.24) is 15.3 Å². The summed E-state index contributed by atoms with van der Waals surface area (Å²) in [6.45, 7) is 6.32. The molecule has 0 aromatic carbocycles. The minimum atomic E-state index is 0.0627. The Morgan fingerprint density at radius 2 is 1.68 bits per heavy atom. The molecule has 106 valence electrons. The van der Waals surface area contributed by atoms with Crippen LogP contribution in [-0.2, 0) is 4.79 Å². The molecule has 0 radical (unpaired) electrons. The Labute approximate surface area is 114 Å². The van der Waals surface area contributed by atoms with E-state index in [2.05, 4.69) is 32.8 Å². The second-order valence-electron chi connectivity index (χ2n) is 4.24. The molecule has 6 nitrogen and oxygen atoms in total. The molecule has 0 fully saturated rings. The Morgan fingerprint density at radius 3 is 2.32 bits per heavy atom. The topological polar surface area (TPSA) is 78.9 Å². The van der Waals surface area contributed by atoms with Gasteiger partial charge in [0.05, 0.1) is 0 Å². The van der Waals surface area contributed by atoms with Crippen LogP contribution in [0.5, 0.6) is 0 Å². The molecule has 0 saturated carbocycles. The summed E-state index contributed by atoms with van der Waals surface area (Å²) >= 11 is 0. The number of rotatable bonds is 9. The van der Waals surface area contributed by atoms with Gasteiger partial charge in [0.25, 0.3) is 0 Å². The number of hydrogen-bond acceptors (Lipinski definition) is 5. The van der Waals surface area contributed by atoms with E-state index in [9.17, 15) is 4.79 Å². The van der Waals surface area contributed by atoms with Crippen LogP contribution in [0.2, 0.25) is 0 Å². The van der Waals surface area contributed by atoms with Gasteiger partial charge in [-0.25, -0.2) is 9.97 Å². The van der Waals surface area contributed by atoms with Crippen LogP contribution in [0.4, 0.5) is 11.6 Å². The summed E-state index contributed by atoms with van der Waals surface area (Å²) in [7, 11) is 0. The minimum Gasteiger partial charge on any atom is -0.370 e. The molecule has 1 aromatic heterocycles. The van der Waals surface area contributed by atoms with E-state index in [-0.39, 0.29) is 5.91 Å². The highest BCUT2D eigenvalue weighted by molar-refractivity contribution is 5.76. The maximum Gasteiger partial charge on any atom is 0.221 e. The average Bonchev–Trinajstić information content (AvgIpc) is 2.43. The smallest absolute Gasteiger partial charge is 0.221 e. The van der Waals surface area contributed by atoms with Crippen molar-refractivity contribution in [2.45, 2.75) is 33.1 Å². The lowest BCUT2D eigenvalue weighted by Gasteiger charge is -2.08. The summed E-state index contributed by atoms with van der Waals surface area (Å²) in [5.41, 5.74) is 0. The molecule has 3 N–H and O–H groups in total. The highest BCUT2D eigenvalue weighted by Crippen LogP contribution is 2.08. The molecule has 0 aliphatic carbocycles. The number of carbonyl (C=O) groups is 1. The fraction of sp³-hybridized carbons (Fsp3) is 0.615. The van der Waals surface area contributed by atoms with Crippen molar-refractivity contribution in [2.75, 3.05) is 30.3 Å². The van der Waals surface area contributed by atoms with Gasteiger partial charge < -0.3 is 16.0 Å². The normalized spacial score (nSPS) is 10.0. The first kappa shape index (κ1) is 15.2. The van der Waals surface area contributed by atoms with Crippen LogP contribution in [0.25, 0.3) is 0 Å². The molecule has 1 rings (SSSR count). The molecule has 0 aliphatic heterocycles. The van der Waals surface area contributed by atoms with E-state index in [0.717, 1.165) is 37.6 Å². The van der Waals surface area contributed by atoms with Crippen molar-refractivity contribution in [2.24, 2.45) is 0 Å². The number of hydrogen-bond donors (Lipinski definition) is 3. The molecule has 0 bridgehead atoms. The Hall–Kier alpha value is -1.85. The van der Waals surface area contributed by atoms with Gasteiger partial charge in [-0.2, -0.15) is 0 Å². The van der Waals surface area contributed by atoms with Gasteiger partial charge in [-0.3, -0.25) is 4.79 Å². The molecule has 0 aliphatic rings. The lowest BCUT2D eigenvalue weighted by atomic mass is 10.3. The highest BCUT2D eigenvalue weighted by atomic mass is 16.1. The summed E-state index contributed by atoms with van der Waals surface area (Å²) in [6, 6.07) is 1.85. The first-order chi connectivity index (χ1) is 9.26. The second-order valence-corrected chi connectivity index (χ2v) is 4.24. The van der Waals surface area contributed by atoms with Gasteiger partial charge in [0.1, 0.15) is 18.0 Å². The maximum atomic E-state index is 11.4. The third kappa shape index (κ3) is 6.59. The Morgan fingerprint density at radius 1 is 1.05 bits per heavy atom. The van der Waals surface area contributed by atoms with Crippen molar-refractivity contribution in [3.8, 4) is 0 Å². The zero-order valence-corrected chi connectivity index (χ0v) is 11.7. The molecule has 19 heavy (non-hydrogen) atoms. The van der Waals surface area contributed by atoms with E-state index < -0.39 is 0 Å². The number of nitrogens with zero attached hydrogens (tertiary/aromatic N) is 2. The van der Waals surface area contributed by atoms with E-state index in [1.54, 1.807) is 0 Å². The molecule has 1 amide bonds. The molecule has 0 spiro atoms. The SMILES string of the molecule is CCCNC(=O)CCNc1cc(NCCC)ncn1. The summed E-state index contributed by atoms with van der Waals surface area (Å²) in [5, 5.41) is 9.14. The fourth-order valence-electron chi connectivity index (χ4n) is 1.46. The van der Waals surface area contributed by atoms with E-state index >= 15 is 0 Å². The molecule has 6 heteroatoms. The van der Waals surface area contributed by atoms with Crippen LogP contribution in [-0.4, -0.2) is 35.5 Å². The van der Waals surface area contributed by atoms with Crippen LogP contribution in [0.15, 0.2) is 12.4 Å². The highest BCUT2D eigenvalue weighted by Gasteiger charge is 2.01. The van der Waals surface area contributed by atoms with E-state index in [4.69, 9.17) is 0 Å². The fourth-order valence-corrected chi connectivity index (χ4v) is 1.46. The lowest BCUT2D eigenvalue weighted by molar-refractivity contribution is -0.120. The first-order valence-corrected chi connectivity index (χ1v) is 6.82. The molecular weight excluding hydrogens is 242 g/mol. The van der Waals surface area contributed by atoms with Crippen molar-refractivity contribution in [3.63, 3.8) is 0 Å². The number of anilines is 2. The quantitative estimate of drug-likeness (QED) is 0.632. The predicted octanol–water partition coefficient (Wildman–Crippen LogP) is 1.63. The van der Waals surface area contributed by atoms with Crippen LogP contribution < -0.4 is 16.0 Å². The van der Waals surface area contributed by atoms with Crippen molar-refractivity contribution >= 4 is 17.5 Å². The van der Waals surface area contributed by atoms with Crippen LogP contribution >= 0.6 is 0 Å². The number of amides is 1. The third-order valence-electron chi connectivity index (χ3n) is 2.45. The van der Waals surface area contributed by atoms with Gasteiger partial charge in [-0.1, -0.05) is 13.8 Å². The maximum absolute atomic E-state index is 11.4. The van der Waals surface area contributed by atoms with Crippen molar-refractivity contribution < 1.29 is 4.79 Å². The second kappa shape index (κ2) is 9.13. The Kier molecular flexibility index (Phi) is 7.31. The first-order valence-electron chi connectivity index (χ1n) is 6.82. The molecule has 1 aromatic rings. The Bertz CT molecular complexity index is 383. The van der Waals surface area contributed by atoms with Gasteiger partial charge in [0, 0.05) is 32.1 Å². The zero-order chi connectivity index (χ0) is 13.9. The summed E-state index contributed by atoms with van der Waals surface area (Å²) < 4.78 is 0. The summed E-state index contributed by atoms with van der Waals surface area (Å²) in [5.74, 6) is 1.60. The monoisotopic (exact) mass is 265 g/mol. The van der Waals surface area contributed by atoms with Crippen LogP contribution in [0.3, 0.4) is 0 Å². The number of carbonyl (C=O) groups excluding carboxylic acids is 1. The molecule has 1 heterocycles. The van der Waals surface area contributed by atoms with E-state index in [1.807, 2.05) is 13.0 Å². The van der Waals surface area contributed by atoms with Gasteiger partial charge >= 0.3 is 0 Å². The summed E-state index contributed by atoms with van der Waals surface area (Å²) in [6.07, 6.45) is 3.96. The standard InChI is InChI=1S/C13H23N5O/c1-3-6-14-11-9-12(18-10-17-11)15-8-5-13(19)16-7-4-2/h9-10H,3-8H2,1-2H3,(H,16,19)(H2,14,15,17,18). The van der Waals surface area contributed by atoms with E-state index in [0.29, 0.717) is 13.0 Å². The third-order valence-corrected chi connectivity index (χ3v) is 2.45. The van der Waals surface area contributed by atoms with Gasteiger partial charge in [-0.15, -0.1) is 0 Å². The van der Waals surface area contributed by atoms with Crippen molar-refractivity contribution in [3.05, 3.63) is 12.4 Å². The largest absolute Gasteiger partial charge is 0.370 e. The number of aromatic nitrogens is 2. The van der Waals surface area contributed by atoms with Crippen LogP contribution in [0.1, 0.15) is 33.1 Å². The average molecular weight is 265 g/mol. The summed E-state index contributed by atoms with van der Waals surface area (Å²) in [4.78, 5) is 19.6. The lowest BCUT2D eigenvalue weighted by Crippen LogP contribution is -2.26. The van der Waals surface area contributed by atoms with E-state index in [1.165, 1.54) is 6.33 Å². The van der Waals surface area contributed by atoms with Gasteiger partial charge in [-0.05, 0) is 12.8 Å².